The first kappa shape index (κ1) is 22.5. The van der Waals surface area contributed by atoms with E-state index in [-0.39, 0.29) is 11.8 Å². The summed E-state index contributed by atoms with van der Waals surface area (Å²) in [4.78, 5) is 32.0. The third kappa shape index (κ3) is 5.90. The van der Waals surface area contributed by atoms with Gasteiger partial charge in [0.25, 0.3) is 0 Å². The van der Waals surface area contributed by atoms with E-state index in [1.165, 1.54) is 0 Å². The Morgan fingerprint density at radius 2 is 2.13 bits per heavy atom. The fourth-order valence-electron chi connectivity index (χ4n) is 3.61. The van der Waals surface area contributed by atoms with Crippen LogP contribution in [0, 0.1) is 0 Å². The highest BCUT2D eigenvalue weighted by molar-refractivity contribution is 7.98. The number of oxazole rings is 1. The summed E-state index contributed by atoms with van der Waals surface area (Å²) in [5, 5.41) is 2.78. The van der Waals surface area contributed by atoms with Crippen molar-refractivity contribution < 1.29 is 18.7 Å². The van der Waals surface area contributed by atoms with Crippen molar-refractivity contribution in [1.29, 1.82) is 0 Å². The van der Waals surface area contributed by atoms with E-state index in [1.54, 1.807) is 32.5 Å². The summed E-state index contributed by atoms with van der Waals surface area (Å²) in [7, 11) is 0. The number of benzene rings is 1. The molecule has 7 nitrogen and oxygen atoms in total. The van der Waals surface area contributed by atoms with Gasteiger partial charge in [-0.2, -0.15) is 11.8 Å². The smallest absolute Gasteiger partial charge is 0.408 e. The maximum Gasteiger partial charge on any atom is 0.408 e. The van der Waals surface area contributed by atoms with Crippen LogP contribution in [0.3, 0.4) is 0 Å². The molecule has 1 N–H and O–H groups in total. The van der Waals surface area contributed by atoms with Gasteiger partial charge in [-0.1, -0.05) is 12.1 Å². The van der Waals surface area contributed by atoms with E-state index >= 15 is 0 Å². The second kappa shape index (κ2) is 9.73. The molecule has 0 aliphatic carbocycles. The molecule has 30 heavy (non-hydrogen) atoms. The number of fused-ring (bicyclic) bond motifs is 1. The Hall–Kier alpha value is -2.22. The molecule has 1 fully saturated rings. The number of amides is 2. The maximum absolute atomic E-state index is 13.2. The quantitative estimate of drug-likeness (QED) is 0.736. The van der Waals surface area contributed by atoms with E-state index in [4.69, 9.17) is 9.15 Å². The molecule has 1 saturated heterocycles. The van der Waals surface area contributed by atoms with Crippen LogP contribution in [0.5, 0.6) is 0 Å². The van der Waals surface area contributed by atoms with Crippen LogP contribution in [0.15, 0.2) is 28.7 Å². The molecule has 0 saturated carbocycles. The summed E-state index contributed by atoms with van der Waals surface area (Å²) in [6, 6.07) is 7.09. The highest BCUT2D eigenvalue weighted by Gasteiger charge is 2.33. The first-order chi connectivity index (χ1) is 14.3. The van der Waals surface area contributed by atoms with Gasteiger partial charge in [0.1, 0.15) is 17.2 Å². The van der Waals surface area contributed by atoms with Gasteiger partial charge in [0.15, 0.2) is 11.5 Å². The first-order valence-corrected chi connectivity index (χ1v) is 11.8. The summed E-state index contributed by atoms with van der Waals surface area (Å²) in [6.07, 6.45) is 3.78. The predicted molar refractivity (Wildman–Crippen MR) is 119 cm³/mol. The van der Waals surface area contributed by atoms with E-state index in [2.05, 4.69) is 10.3 Å². The van der Waals surface area contributed by atoms with E-state index in [0.29, 0.717) is 25.4 Å². The Labute approximate surface area is 181 Å². The van der Waals surface area contributed by atoms with Gasteiger partial charge in [0, 0.05) is 13.1 Å². The van der Waals surface area contributed by atoms with E-state index < -0.39 is 17.7 Å². The summed E-state index contributed by atoms with van der Waals surface area (Å²) in [6.45, 7) is 6.63. The molecule has 1 aromatic heterocycles. The zero-order valence-corrected chi connectivity index (χ0v) is 19.0. The second-order valence-electron chi connectivity index (χ2n) is 8.62. The number of carbonyl (C=O) groups is 2. The molecule has 2 amide bonds. The molecule has 1 aliphatic rings. The van der Waals surface area contributed by atoms with Gasteiger partial charge in [-0.15, -0.1) is 0 Å². The van der Waals surface area contributed by atoms with Crippen molar-refractivity contribution in [2.24, 2.45) is 0 Å². The molecular weight excluding hydrogens is 402 g/mol. The average molecular weight is 434 g/mol. The monoisotopic (exact) mass is 433 g/mol. The molecule has 1 aliphatic heterocycles. The molecule has 8 heteroatoms. The number of hydrogen-bond acceptors (Lipinski definition) is 6. The Bertz CT molecular complexity index is 844. The van der Waals surface area contributed by atoms with E-state index in [9.17, 15) is 9.59 Å². The van der Waals surface area contributed by atoms with Crippen LogP contribution < -0.4 is 5.32 Å². The lowest BCUT2D eigenvalue weighted by molar-refractivity contribution is -0.134. The van der Waals surface area contributed by atoms with Gasteiger partial charge in [-0.25, -0.2) is 9.78 Å². The molecular formula is C22H31N3O4S. The van der Waals surface area contributed by atoms with Gasteiger partial charge in [0.2, 0.25) is 5.91 Å². The van der Waals surface area contributed by atoms with Crippen LogP contribution in [0.4, 0.5) is 4.79 Å². The van der Waals surface area contributed by atoms with Crippen LogP contribution in [0.25, 0.3) is 11.1 Å². The fourth-order valence-corrected chi connectivity index (χ4v) is 4.08. The van der Waals surface area contributed by atoms with Gasteiger partial charge in [0.05, 0.1) is 5.92 Å². The van der Waals surface area contributed by atoms with Crippen molar-refractivity contribution in [1.82, 2.24) is 15.2 Å². The topological polar surface area (TPSA) is 84.7 Å². The lowest BCUT2D eigenvalue weighted by Gasteiger charge is -2.34. The number of piperidine rings is 1. The zero-order valence-electron chi connectivity index (χ0n) is 18.1. The number of nitrogens with zero attached hydrogens (tertiary/aromatic N) is 2. The number of ether oxygens (including phenoxy) is 1. The third-order valence-corrected chi connectivity index (χ3v) is 5.64. The molecule has 0 bridgehead atoms. The van der Waals surface area contributed by atoms with E-state index in [0.717, 1.165) is 29.7 Å². The standard InChI is InChI=1S/C22H31N3O4S/c1-22(2,3)29-21(27)24-17(11-13-30-4)20(26)25-12-7-8-15(14-25)19-23-16-9-5-6-10-18(16)28-19/h5-6,9-10,15,17H,7-8,11-14H2,1-4H3,(H,24,27)/t15-,17+/m1/s1. The number of hydrogen-bond donors (Lipinski definition) is 1. The normalized spacial score (nSPS) is 18.3. The Morgan fingerprint density at radius 3 is 2.83 bits per heavy atom. The van der Waals surface area contributed by atoms with Crippen molar-refractivity contribution in [3.8, 4) is 0 Å². The van der Waals surface area contributed by atoms with Crippen molar-refractivity contribution in [2.75, 3.05) is 25.1 Å². The van der Waals surface area contributed by atoms with Crippen LogP contribution in [0.2, 0.25) is 0 Å². The number of alkyl carbamates (subject to hydrolysis) is 1. The Morgan fingerprint density at radius 1 is 1.37 bits per heavy atom. The number of rotatable bonds is 6. The molecule has 164 valence electrons. The second-order valence-corrected chi connectivity index (χ2v) is 9.61. The minimum atomic E-state index is -0.611. The van der Waals surface area contributed by atoms with Gasteiger partial charge in [-0.05, 0) is 64.2 Å². The molecule has 2 atom stereocenters. The Kier molecular flexibility index (Phi) is 7.28. The van der Waals surface area contributed by atoms with Crippen molar-refractivity contribution in [3.05, 3.63) is 30.2 Å². The zero-order chi connectivity index (χ0) is 21.7. The van der Waals surface area contributed by atoms with Crippen molar-refractivity contribution >= 4 is 34.9 Å². The number of aromatic nitrogens is 1. The fraction of sp³-hybridized carbons (Fsp3) is 0.591. The molecule has 1 aromatic carbocycles. The highest BCUT2D eigenvalue weighted by Crippen LogP contribution is 2.29. The highest BCUT2D eigenvalue weighted by atomic mass is 32.2. The van der Waals surface area contributed by atoms with Crippen molar-refractivity contribution in [3.63, 3.8) is 0 Å². The molecule has 2 aromatic rings. The minimum Gasteiger partial charge on any atom is -0.444 e. The van der Waals surface area contributed by atoms with Crippen LogP contribution >= 0.6 is 11.8 Å². The lowest BCUT2D eigenvalue weighted by Crippen LogP contribution is -2.52. The lowest BCUT2D eigenvalue weighted by atomic mass is 9.97. The number of para-hydroxylation sites is 2. The summed E-state index contributed by atoms with van der Waals surface area (Å²) in [5.41, 5.74) is 0.987. The molecule has 2 heterocycles. The SMILES string of the molecule is CSCC[C@H](NC(=O)OC(C)(C)C)C(=O)N1CCC[C@@H](c2nc3ccccc3o2)C1. The van der Waals surface area contributed by atoms with Crippen LogP contribution in [-0.2, 0) is 9.53 Å². The Balaban J connectivity index is 1.69. The molecule has 0 unspecified atom stereocenters. The van der Waals surface area contributed by atoms with Crippen LogP contribution in [0.1, 0.15) is 51.8 Å². The minimum absolute atomic E-state index is 0.0535. The predicted octanol–water partition coefficient (Wildman–Crippen LogP) is 4.18. The molecule has 0 radical (unpaired) electrons. The van der Waals surface area contributed by atoms with Gasteiger partial charge < -0.3 is 19.4 Å². The average Bonchev–Trinajstić information content (AvgIpc) is 3.13. The first-order valence-electron chi connectivity index (χ1n) is 10.4. The number of nitrogens with one attached hydrogen (secondary N) is 1. The third-order valence-electron chi connectivity index (χ3n) is 4.99. The summed E-state index contributed by atoms with van der Waals surface area (Å²) in [5.74, 6) is 1.43. The molecule has 3 rings (SSSR count). The van der Waals surface area contributed by atoms with Gasteiger partial charge >= 0.3 is 6.09 Å². The number of carbonyl (C=O) groups excluding carboxylic acids is 2. The summed E-state index contributed by atoms with van der Waals surface area (Å²) < 4.78 is 11.3. The maximum atomic E-state index is 13.2. The molecule has 0 spiro atoms. The van der Waals surface area contributed by atoms with Crippen LogP contribution in [-0.4, -0.2) is 58.6 Å². The van der Waals surface area contributed by atoms with Gasteiger partial charge in [-0.3, -0.25) is 4.79 Å². The van der Waals surface area contributed by atoms with E-state index in [1.807, 2.05) is 35.4 Å². The number of thioether (sulfide) groups is 1. The summed E-state index contributed by atoms with van der Waals surface area (Å²) >= 11 is 1.65. The van der Waals surface area contributed by atoms with Crippen molar-refractivity contribution in [2.45, 2.75) is 57.6 Å². The number of likely N-dealkylation sites (tertiary alicyclic amines) is 1. The largest absolute Gasteiger partial charge is 0.444 e.